The molecule has 7 heteroatoms. The highest BCUT2D eigenvalue weighted by Gasteiger charge is 2.12. The molecule has 1 amide bonds. The molecule has 0 aliphatic carbocycles. The lowest BCUT2D eigenvalue weighted by Crippen LogP contribution is -2.19. The number of H-pyrrole nitrogens is 1. The Balaban J connectivity index is 1.76. The van der Waals surface area contributed by atoms with Crippen LogP contribution >= 0.6 is 22.9 Å². The summed E-state index contributed by atoms with van der Waals surface area (Å²) in [5, 5.41) is 2.89. The van der Waals surface area contributed by atoms with Crippen LogP contribution in [0.3, 0.4) is 0 Å². The molecule has 0 aliphatic rings. The van der Waals surface area contributed by atoms with Gasteiger partial charge < -0.3 is 10.3 Å². The highest BCUT2D eigenvalue weighted by atomic mass is 35.5. The Morgan fingerprint density at radius 2 is 2.08 bits per heavy atom. The molecule has 0 fully saturated rings. The number of nitrogens with one attached hydrogen (secondary N) is 2. The zero-order chi connectivity index (χ0) is 17.1. The molecule has 124 valence electrons. The minimum atomic E-state index is -0.234. The molecule has 0 radical (unpaired) electrons. The van der Waals surface area contributed by atoms with E-state index in [4.69, 9.17) is 11.6 Å². The zero-order valence-corrected chi connectivity index (χ0v) is 14.6. The quantitative estimate of drug-likeness (QED) is 0.726. The van der Waals surface area contributed by atoms with Gasteiger partial charge in [-0.05, 0) is 37.6 Å². The number of rotatable bonds is 5. The lowest BCUT2D eigenvalue weighted by molar-refractivity contribution is -0.116. The summed E-state index contributed by atoms with van der Waals surface area (Å²) < 4.78 is 2.26. The summed E-state index contributed by atoms with van der Waals surface area (Å²) in [6, 6.07) is 11.0. The summed E-state index contributed by atoms with van der Waals surface area (Å²) in [5.41, 5.74) is 1.79. The van der Waals surface area contributed by atoms with Gasteiger partial charge in [-0.1, -0.05) is 23.7 Å². The van der Waals surface area contributed by atoms with Crippen molar-refractivity contribution in [2.75, 3.05) is 5.32 Å². The maximum atomic E-state index is 12.2. The number of aromatic amines is 1. The van der Waals surface area contributed by atoms with E-state index in [0.717, 1.165) is 14.9 Å². The molecule has 3 aromatic rings. The smallest absolute Gasteiger partial charge is 0.324 e. The molecule has 3 rings (SSSR count). The number of amides is 1. The number of halogens is 1. The lowest BCUT2D eigenvalue weighted by Gasteiger charge is -2.12. The zero-order valence-electron chi connectivity index (χ0n) is 13.0. The lowest BCUT2D eigenvalue weighted by atomic mass is 10.2. The van der Waals surface area contributed by atoms with Gasteiger partial charge in [-0.2, -0.15) is 0 Å². The van der Waals surface area contributed by atoms with Crippen molar-refractivity contribution in [2.24, 2.45) is 0 Å². The van der Waals surface area contributed by atoms with Crippen LogP contribution in [0.15, 0.2) is 47.4 Å². The Morgan fingerprint density at radius 3 is 2.75 bits per heavy atom. The molecule has 2 N–H and O–H groups in total. The molecule has 5 nitrogen and oxygen atoms in total. The fourth-order valence-electron chi connectivity index (χ4n) is 2.46. The number of carbonyl (C=O) groups is 1. The van der Waals surface area contributed by atoms with Crippen LogP contribution in [-0.2, 0) is 11.2 Å². The molecule has 0 aliphatic heterocycles. The van der Waals surface area contributed by atoms with Crippen molar-refractivity contribution >= 4 is 34.5 Å². The first-order valence-corrected chi connectivity index (χ1v) is 8.64. The Morgan fingerprint density at radius 1 is 1.29 bits per heavy atom. The van der Waals surface area contributed by atoms with Gasteiger partial charge in [0.15, 0.2) is 0 Å². The molecule has 0 saturated heterocycles. The second-order valence-electron chi connectivity index (χ2n) is 5.34. The second kappa shape index (κ2) is 7.07. The molecule has 0 bridgehead atoms. The fraction of sp³-hybridized carbons (Fsp3) is 0.176. The third kappa shape index (κ3) is 3.60. The minimum Gasteiger partial charge on any atom is -0.324 e. The first kappa shape index (κ1) is 16.5. The normalized spacial score (nSPS) is 10.8. The number of hydrogen-bond acceptors (Lipinski definition) is 3. The number of thiophene rings is 1. The summed E-state index contributed by atoms with van der Waals surface area (Å²) in [7, 11) is 0. The van der Waals surface area contributed by atoms with Crippen molar-refractivity contribution in [3.05, 3.63) is 68.0 Å². The van der Waals surface area contributed by atoms with Crippen LogP contribution in [0.25, 0.3) is 5.69 Å². The van der Waals surface area contributed by atoms with E-state index < -0.39 is 0 Å². The van der Waals surface area contributed by atoms with Crippen LogP contribution in [0, 0.1) is 6.92 Å². The van der Waals surface area contributed by atoms with Crippen LogP contribution in [0.5, 0.6) is 0 Å². The van der Waals surface area contributed by atoms with Gasteiger partial charge in [-0.3, -0.25) is 9.36 Å². The molecule has 24 heavy (non-hydrogen) atoms. The number of aromatic nitrogens is 2. The third-order valence-corrected chi connectivity index (χ3v) is 4.90. The number of nitrogens with zero attached hydrogens (tertiary/aromatic N) is 1. The molecule has 1 aromatic carbocycles. The molecule has 0 unspecified atom stereocenters. The number of hydrogen-bond donors (Lipinski definition) is 2. The monoisotopic (exact) mass is 361 g/mol. The molecule has 0 atom stereocenters. The Labute approximate surface area is 147 Å². The van der Waals surface area contributed by atoms with E-state index in [9.17, 15) is 9.59 Å². The average Bonchev–Trinajstić information content (AvgIpc) is 3.12. The minimum absolute atomic E-state index is 0.104. The first-order chi connectivity index (χ1) is 11.5. The van der Waals surface area contributed by atoms with E-state index in [0.29, 0.717) is 24.2 Å². The molecule has 0 saturated carbocycles. The van der Waals surface area contributed by atoms with Crippen molar-refractivity contribution in [1.82, 2.24) is 9.55 Å². The maximum absolute atomic E-state index is 12.2. The Bertz CT molecular complexity index is 926. The number of imidazole rings is 1. The summed E-state index contributed by atoms with van der Waals surface area (Å²) in [6.45, 7) is 1.83. The van der Waals surface area contributed by atoms with Crippen molar-refractivity contribution in [1.29, 1.82) is 0 Å². The Hall–Kier alpha value is -2.31. The van der Waals surface area contributed by atoms with Crippen molar-refractivity contribution < 1.29 is 4.79 Å². The van der Waals surface area contributed by atoms with Gasteiger partial charge in [-0.15, -0.1) is 11.3 Å². The van der Waals surface area contributed by atoms with E-state index in [2.05, 4.69) is 10.3 Å². The number of anilines is 1. The van der Waals surface area contributed by atoms with E-state index in [1.165, 1.54) is 15.9 Å². The summed E-state index contributed by atoms with van der Waals surface area (Å²) in [4.78, 5) is 27.9. The number of benzene rings is 1. The molecule has 0 spiro atoms. The topological polar surface area (TPSA) is 66.9 Å². The largest absolute Gasteiger partial charge is 0.330 e. The van der Waals surface area contributed by atoms with Crippen LogP contribution in [0.2, 0.25) is 4.34 Å². The van der Waals surface area contributed by atoms with E-state index >= 15 is 0 Å². The van der Waals surface area contributed by atoms with E-state index in [1.54, 1.807) is 18.3 Å². The highest BCUT2D eigenvalue weighted by molar-refractivity contribution is 7.16. The van der Waals surface area contributed by atoms with E-state index in [-0.39, 0.29) is 11.6 Å². The Kier molecular flexibility index (Phi) is 4.87. The van der Waals surface area contributed by atoms with Crippen LogP contribution in [0.4, 0.5) is 5.69 Å². The van der Waals surface area contributed by atoms with E-state index in [1.807, 2.05) is 31.2 Å². The van der Waals surface area contributed by atoms with Gasteiger partial charge in [0.25, 0.3) is 0 Å². The van der Waals surface area contributed by atoms with Gasteiger partial charge in [-0.25, -0.2) is 4.79 Å². The first-order valence-electron chi connectivity index (χ1n) is 7.45. The summed E-state index contributed by atoms with van der Waals surface area (Å²) >= 11 is 7.37. The van der Waals surface area contributed by atoms with Crippen molar-refractivity contribution in [3.63, 3.8) is 0 Å². The predicted octanol–water partition coefficient (Wildman–Crippen LogP) is 3.76. The maximum Gasteiger partial charge on any atom is 0.330 e. The van der Waals surface area contributed by atoms with Crippen molar-refractivity contribution in [2.45, 2.75) is 19.8 Å². The van der Waals surface area contributed by atoms with Crippen LogP contribution < -0.4 is 11.0 Å². The predicted molar refractivity (Wildman–Crippen MR) is 97.4 cm³/mol. The number of carbonyl (C=O) groups excluding carboxylic acids is 1. The number of para-hydroxylation sites is 2. The molecule has 2 heterocycles. The highest BCUT2D eigenvalue weighted by Crippen LogP contribution is 2.23. The SMILES string of the molecule is Cc1c[nH]c(=O)n1-c1ccccc1NC(=O)CCc1ccc(Cl)s1. The standard InChI is InChI=1S/C17H16ClN3O2S/c1-11-10-19-17(23)21(11)14-5-3-2-4-13(14)20-16(22)9-7-12-6-8-15(18)24-12/h2-6,8,10H,7,9H2,1H3,(H,19,23)(H,20,22). The fourth-order valence-corrected chi connectivity index (χ4v) is 3.55. The van der Waals surface area contributed by atoms with Gasteiger partial charge in [0.2, 0.25) is 5.91 Å². The molecular weight excluding hydrogens is 346 g/mol. The third-order valence-electron chi connectivity index (χ3n) is 3.61. The van der Waals surface area contributed by atoms with Gasteiger partial charge in [0, 0.05) is 23.2 Å². The van der Waals surface area contributed by atoms with Crippen molar-refractivity contribution in [3.8, 4) is 5.69 Å². The second-order valence-corrected chi connectivity index (χ2v) is 7.14. The summed E-state index contributed by atoms with van der Waals surface area (Å²) in [5.74, 6) is -0.104. The average molecular weight is 362 g/mol. The molecular formula is C17H16ClN3O2S. The van der Waals surface area contributed by atoms with Gasteiger partial charge >= 0.3 is 5.69 Å². The van der Waals surface area contributed by atoms with Gasteiger partial charge in [0.1, 0.15) is 0 Å². The van der Waals surface area contributed by atoms with Crippen LogP contribution in [-0.4, -0.2) is 15.5 Å². The van der Waals surface area contributed by atoms with Crippen LogP contribution in [0.1, 0.15) is 17.0 Å². The molecule has 2 aromatic heterocycles. The summed E-state index contributed by atoms with van der Waals surface area (Å²) in [6.07, 6.45) is 2.63. The number of aryl methyl sites for hydroxylation is 2. The van der Waals surface area contributed by atoms with Gasteiger partial charge in [0.05, 0.1) is 15.7 Å².